The van der Waals surface area contributed by atoms with Crippen molar-refractivity contribution >= 4 is 11.8 Å². The van der Waals surface area contributed by atoms with Crippen LogP contribution in [0.1, 0.15) is 51.7 Å². The molecule has 0 saturated heterocycles. The van der Waals surface area contributed by atoms with Crippen LogP contribution in [0.15, 0.2) is 48.5 Å². The molecule has 33 heavy (non-hydrogen) atoms. The molecule has 6 heteroatoms. The number of ether oxygens (including phenoxy) is 2. The highest BCUT2D eigenvalue weighted by Gasteiger charge is 2.27. The minimum Gasteiger partial charge on any atom is -0.490 e. The fourth-order valence-corrected chi connectivity index (χ4v) is 3.83. The second-order valence-corrected chi connectivity index (χ2v) is 7.79. The predicted octanol–water partition coefficient (Wildman–Crippen LogP) is 4.40. The average Bonchev–Trinajstić information content (AvgIpc) is 2.82. The molecule has 0 aromatic heterocycles. The van der Waals surface area contributed by atoms with Crippen molar-refractivity contribution in [1.29, 1.82) is 0 Å². The van der Waals surface area contributed by atoms with Gasteiger partial charge in [0.15, 0.2) is 11.5 Å². The van der Waals surface area contributed by atoms with Crippen molar-refractivity contribution in [3.05, 3.63) is 59.7 Å². The van der Waals surface area contributed by atoms with E-state index >= 15 is 0 Å². The molecular formula is C27H38N2O4. The number of amides is 2. The van der Waals surface area contributed by atoms with Crippen LogP contribution in [0.2, 0.25) is 0 Å². The molecule has 2 aromatic rings. The van der Waals surface area contributed by atoms with Crippen molar-refractivity contribution in [3.8, 4) is 11.5 Å². The van der Waals surface area contributed by atoms with Crippen LogP contribution in [0.25, 0.3) is 0 Å². The molecule has 1 unspecified atom stereocenters. The number of benzene rings is 2. The van der Waals surface area contributed by atoms with Gasteiger partial charge in [-0.25, -0.2) is 0 Å². The lowest BCUT2D eigenvalue weighted by atomic mass is 10.1. The fourth-order valence-electron chi connectivity index (χ4n) is 3.83. The molecule has 0 fully saturated rings. The van der Waals surface area contributed by atoms with Gasteiger partial charge in [-0.05, 0) is 63.3 Å². The molecule has 1 N–H and O–H groups in total. The summed E-state index contributed by atoms with van der Waals surface area (Å²) in [7, 11) is 0. The second kappa shape index (κ2) is 14.2. The SMILES string of the molecule is CCNC(=O)C(CC)N(CCc1ccccc1)C(=O)CCc1ccc(OCC)c(OCC)c1. The smallest absolute Gasteiger partial charge is 0.242 e. The van der Waals surface area contributed by atoms with E-state index in [1.807, 2.05) is 76.2 Å². The van der Waals surface area contributed by atoms with E-state index in [0.29, 0.717) is 63.5 Å². The number of rotatable bonds is 14. The molecule has 0 bridgehead atoms. The lowest BCUT2D eigenvalue weighted by Gasteiger charge is -2.30. The van der Waals surface area contributed by atoms with Crippen molar-refractivity contribution in [2.24, 2.45) is 0 Å². The van der Waals surface area contributed by atoms with E-state index < -0.39 is 6.04 Å². The van der Waals surface area contributed by atoms with Gasteiger partial charge in [-0.15, -0.1) is 0 Å². The van der Waals surface area contributed by atoms with Gasteiger partial charge in [-0.3, -0.25) is 9.59 Å². The molecule has 6 nitrogen and oxygen atoms in total. The Hall–Kier alpha value is -3.02. The molecule has 0 aliphatic heterocycles. The maximum absolute atomic E-state index is 13.3. The average molecular weight is 455 g/mol. The van der Waals surface area contributed by atoms with Crippen LogP contribution in [0.3, 0.4) is 0 Å². The summed E-state index contributed by atoms with van der Waals surface area (Å²) in [5, 5.41) is 2.88. The number of aryl methyl sites for hydroxylation is 1. The van der Waals surface area contributed by atoms with Crippen molar-refractivity contribution < 1.29 is 19.1 Å². The number of hydrogen-bond donors (Lipinski definition) is 1. The second-order valence-electron chi connectivity index (χ2n) is 7.79. The largest absolute Gasteiger partial charge is 0.490 e. The molecule has 0 spiro atoms. The minimum atomic E-state index is -0.472. The van der Waals surface area contributed by atoms with Gasteiger partial charge in [0.2, 0.25) is 11.8 Å². The first-order chi connectivity index (χ1) is 16.0. The van der Waals surface area contributed by atoms with E-state index in [-0.39, 0.29) is 11.8 Å². The van der Waals surface area contributed by atoms with Gasteiger partial charge in [0.05, 0.1) is 13.2 Å². The molecule has 2 rings (SSSR count). The fraction of sp³-hybridized carbons (Fsp3) is 0.481. The summed E-state index contributed by atoms with van der Waals surface area (Å²) in [4.78, 5) is 27.7. The van der Waals surface area contributed by atoms with Gasteiger partial charge in [-0.2, -0.15) is 0 Å². The van der Waals surface area contributed by atoms with Gasteiger partial charge in [0, 0.05) is 19.5 Å². The Bertz CT molecular complexity index is 870. The summed E-state index contributed by atoms with van der Waals surface area (Å²) in [5.74, 6) is 1.29. The van der Waals surface area contributed by atoms with Crippen LogP contribution in [0.5, 0.6) is 11.5 Å². The Balaban J connectivity index is 2.14. The molecule has 0 heterocycles. The highest BCUT2D eigenvalue weighted by molar-refractivity contribution is 5.87. The monoisotopic (exact) mass is 454 g/mol. The molecule has 0 radical (unpaired) electrons. The first kappa shape index (κ1) is 26.2. The molecule has 0 aliphatic rings. The van der Waals surface area contributed by atoms with Gasteiger partial charge in [0.1, 0.15) is 6.04 Å². The summed E-state index contributed by atoms with van der Waals surface area (Å²) in [6.45, 7) is 9.86. The summed E-state index contributed by atoms with van der Waals surface area (Å²) in [6.07, 6.45) is 2.17. The third-order valence-electron chi connectivity index (χ3n) is 5.46. The number of hydrogen-bond acceptors (Lipinski definition) is 4. The van der Waals surface area contributed by atoms with Crippen LogP contribution in [0.4, 0.5) is 0 Å². The standard InChI is InChI=1S/C27H38N2O4/c1-5-23(27(31)28-6-2)29(19-18-21-12-10-9-11-13-21)26(30)17-15-22-14-16-24(32-7-3)25(20-22)33-8-4/h9-14,16,20,23H,5-8,15,17-19H2,1-4H3,(H,28,31). The van der Waals surface area contributed by atoms with E-state index in [9.17, 15) is 9.59 Å². The van der Waals surface area contributed by atoms with E-state index in [1.54, 1.807) is 4.90 Å². The Morgan fingerprint density at radius 1 is 0.879 bits per heavy atom. The zero-order valence-electron chi connectivity index (χ0n) is 20.4. The molecule has 2 amide bonds. The number of likely N-dealkylation sites (N-methyl/N-ethyl adjacent to an activating group) is 1. The van der Waals surface area contributed by atoms with Crippen LogP contribution in [0, 0.1) is 0 Å². The normalized spacial score (nSPS) is 11.5. The molecule has 0 saturated carbocycles. The van der Waals surface area contributed by atoms with E-state index in [2.05, 4.69) is 5.32 Å². The van der Waals surface area contributed by atoms with E-state index in [1.165, 1.54) is 0 Å². The van der Waals surface area contributed by atoms with Gasteiger partial charge in [0.25, 0.3) is 0 Å². The van der Waals surface area contributed by atoms with Crippen molar-refractivity contribution in [2.75, 3.05) is 26.3 Å². The summed E-state index contributed by atoms with van der Waals surface area (Å²) >= 11 is 0. The molecule has 1 atom stereocenters. The molecule has 2 aromatic carbocycles. The Kier molecular flexibility index (Phi) is 11.3. The van der Waals surface area contributed by atoms with Crippen LogP contribution >= 0.6 is 0 Å². The summed E-state index contributed by atoms with van der Waals surface area (Å²) < 4.78 is 11.3. The molecule has 180 valence electrons. The van der Waals surface area contributed by atoms with Crippen molar-refractivity contribution in [1.82, 2.24) is 10.2 Å². The zero-order chi connectivity index (χ0) is 24.1. The molecule has 0 aliphatic carbocycles. The number of nitrogens with one attached hydrogen (secondary N) is 1. The highest BCUT2D eigenvalue weighted by atomic mass is 16.5. The quantitative estimate of drug-likeness (QED) is 0.459. The van der Waals surface area contributed by atoms with Crippen LogP contribution in [-0.2, 0) is 22.4 Å². The van der Waals surface area contributed by atoms with Gasteiger partial charge < -0.3 is 19.7 Å². The zero-order valence-corrected chi connectivity index (χ0v) is 20.4. The number of carbonyl (C=O) groups excluding carboxylic acids is 2. The van der Waals surface area contributed by atoms with Crippen molar-refractivity contribution in [2.45, 2.75) is 59.4 Å². The summed E-state index contributed by atoms with van der Waals surface area (Å²) in [5.41, 5.74) is 2.15. The lowest BCUT2D eigenvalue weighted by molar-refractivity contribution is -0.140. The van der Waals surface area contributed by atoms with Crippen LogP contribution < -0.4 is 14.8 Å². The predicted molar refractivity (Wildman–Crippen MR) is 132 cm³/mol. The molecular weight excluding hydrogens is 416 g/mol. The third kappa shape index (κ3) is 8.12. The Morgan fingerprint density at radius 2 is 1.58 bits per heavy atom. The highest BCUT2D eigenvalue weighted by Crippen LogP contribution is 2.29. The third-order valence-corrected chi connectivity index (χ3v) is 5.46. The van der Waals surface area contributed by atoms with Crippen molar-refractivity contribution in [3.63, 3.8) is 0 Å². The first-order valence-electron chi connectivity index (χ1n) is 12.0. The van der Waals surface area contributed by atoms with E-state index in [0.717, 1.165) is 11.1 Å². The topological polar surface area (TPSA) is 67.9 Å². The summed E-state index contributed by atoms with van der Waals surface area (Å²) in [6, 6.07) is 15.4. The van der Waals surface area contributed by atoms with Crippen LogP contribution in [-0.4, -0.2) is 49.1 Å². The van der Waals surface area contributed by atoms with Gasteiger partial charge >= 0.3 is 0 Å². The maximum Gasteiger partial charge on any atom is 0.242 e. The lowest BCUT2D eigenvalue weighted by Crippen LogP contribution is -2.50. The minimum absolute atomic E-state index is 0.0177. The van der Waals surface area contributed by atoms with E-state index in [4.69, 9.17) is 9.47 Å². The first-order valence-corrected chi connectivity index (χ1v) is 12.0. The maximum atomic E-state index is 13.3. The van der Waals surface area contributed by atoms with Gasteiger partial charge in [-0.1, -0.05) is 43.3 Å². The number of carbonyl (C=O) groups is 2. The Labute approximate surface area is 198 Å². The Morgan fingerprint density at radius 3 is 2.21 bits per heavy atom. The number of nitrogens with zero attached hydrogens (tertiary/aromatic N) is 1.